The molecule has 5 heteroatoms. The summed E-state index contributed by atoms with van der Waals surface area (Å²) < 4.78 is 12.2. The molecule has 0 atom stereocenters. The van der Waals surface area contributed by atoms with Crippen LogP contribution in [0.4, 0.5) is 9.18 Å². The summed E-state index contributed by atoms with van der Waals surface area (Å²) in [5, 5.41) is 0.291. The van der Waals surface area contributed by atoms with Crippen LogP contribution < -0.4 is 0 Å². The molecule has 12 heavy (non-hydrogen) atoms. The Morgan fingerprint density at radius 3 is 2.67 bits per heavy atom. The van der Waals surface area contributed by atoms with Crippen LogP contribution in [0.5, 0.6) is 0 Å². The first kappa shape index (κ1) is 9.84. The summed E-state index contributed by atoms with van der Waals surface area (Å²) in [5.74, 6) is -0.540. The summed E-state index contributed by atoms with van der Waals surface area (Å²) in [5.41, 5.74) is 0. The van der Waals surface area contributed by atoms with Crippen molar-refractivity contribution in [2.24, 2.45) is 0 Å². The molecule has 0 heterocycles. The van der Waals surface area contributed by atoms with Gasteiger partial charge < -0.3 is 0 Å². The van der Waals surface area contributed by atoms with Gasteiger partial charge in [0, 0.05) is 5.02 Å². The molecule has 0 bridgehead atoms. The van der Waals surface area contributed by atoms with E-state index in [0.717, 1.165) is 6.07 Å². The molecule has 0 aromatic heterocycles. The van der Waals surface area contributed by atoms with Crippen molar-refractivity contribution in [1.29, 1.82) is 0 Å². The highest BCUT2D eigenvalue weighted by atomic mass is 35.5. The van der Waals surface area contributed by atoms with Crippen molar-refractivity contribution < 1.29 is 9.18 Å². The van der Waals surface area contributed by atoms with Crippen LogP contribution in [0.25, 0.3) is 0 Å². The monoisotopic (exact) mass is 224 g/mol. The second kappa shape index (κ2) is 4.12. The fraction of sp³-hybridized carbons (Fsp3) is 0. The third kappa shape index (κ3) is 2.66. The molecular weight excluding hydrogens is 222 g/mol. The molecule has 1 nitrogen and oxygen atoms in total. The van der Waals surface area contributed by atoms with Crippen LogP contribution in [-0.2, 0) is 0 Å². The van der Waals surface area contributed by atoms with Crippen LogP contribution in [0.1, 0.15) is 0 Å². The molecule has 64 valence electrons. The standard InChI is InChI=1S/C7H3Cl2FOS/c8-4-1-2-6(5(10)3-4)12-7(9)11/h1-3H. The van der Waals surface area contributed by atoms with E-state index in [1.54, 1.807) is 0 Å². The minimum atomic E-state index is -0.670. The lowest BCUT2D eigenvalue weighted by Crippen LogP contribution is -1.82. The van der Waals surface area contributed by atoms with E-state index in [9.17, 15) is 9.18 Å². The van der Waals surface area contributed by atoms with Crippen molar-refractivity contribution in [3.63, 3.8) is 0 Å². The fourth-order valence-corrected chi connectivity index (χ4v) is 1.52. The second-order valence-electron chi connectivity index (χ2n) is 1.91. The summed E-state index contributed by atoms with van der Waals surface area (Å²) >= 11 is 11.2. The van der Waals surface area contributed by atoms with Gasteiger partial charge in [-0.05, 0) is 41.6 Å². The second-order valence-corrected chi connectivity index (χ2v) is 3.93. The largest absolute Gasteiger partial charge is 0.284 e. The number of hydrogen-bond donors (Lipinski definition) is 0. The Morgan fingerprint density at radius 2 is 2.17 bits per heavy atom. The normalized spacial score (nSPS) is 9.92. The van der Waals surface area contributed by atoms with Crippen molar-refractivity contribution in [2.75, 3.05) is 0 Å². The summed E-state index contributed by atoms with van der Waals surface area (Å²) in [6, 6.07) is 4.03. The van der Waals surface area contributed by atoms with Crippen molar-refractivity contribution in [3.8, 4) is 0 Å². The average molecular weight is 225 g/mol. The lowest BCUT2D eigenvalue weighted by atomic mass is 10.3. The van der Waals surface area contributed by atoms with Crippen molar-refractivity contribution >= 4 is 39.5 Å². The van der Waals surface area contributed by atoms with E-state index < -0.39 is 10.4 Å². The molecule has 1 aromatic rings. The molecule has 0 aliphatic carbocycles. The van der Waals surface area contributed by atoms with E-state index in [0.29, 0.717) is 16.8 Å². The first-order valence-corrected chi connectivity index (χ1v) is 4.49. The molecule has 1 aromatic carbocycles. The summed E-state index contributed by atoms with van der Waals surface area (Å²) in [7, 11) is 0. The van der Waals surface area contributed by atoms with Gasteiger partial charge in [0.2, 0.25) is 0 Å². The SMILES string of the molecule is O=C(Cl)Sc1ccc(Cl)cc1F. The number of rotatable bonds is 1. The van der Waals surface area contributed by atoms with Gasteiger partial charge in [-0.3, -0.25) is 4.79 Å². The quantitative estimate of drug-likeness (QED) is 0.532. The van der Waals surface area contributed by atoms with Crippen LogP contribution >= 0.6 is 35.0 Å². The molecule has 0 radical (unpaired) electrons. The van der Waals surface area contributed by atoms with Crippen LogP contribution in [0.3, 0.4) is 0 Å². The van der Waals surface area contributed by atoms with Gasteiger partial charge in [-0.25, -0.2) is 4.39 Å². The number of carbonyl (C=O) groups excluding carboxylic acids is 1. The number of halogens is 3. The van der Waals surface area contributed by atoms with Gasteiger partial charge in [0.15, 0.2) is 0 Å². The Labute approximate surface area is 82.9 Å². The molecule has 0 aliphatic heterocycles. The van der Waals surface area contributed by atoms with Crippen LogP contribution in [-0.4, -0.2) is 4.57 Å². The Kier molecular flexibility index (Phi) is 3.38. The Bertz CT molecular complexity index is 316. The van der Waals surface area contributed by atoms with Crippen molar-refractivity contribution in [3.05, 3.63) is 29.0 Å². The van der Waals surface area contributed by atoms with Crippen LogP contribution in [0.2, 0.25) is 5.02 Å². The van der Waals surface area contributed by atoms with Gasteiger partial charge in [-0.15, -0.1) is 0 Å². The fourth-order valence-electron chi connectivity index (χ4n) is 0.644. The van der Waals surface area contributed by atoms with E-state index in [4.69, 9.17) is 23.2 Å². The van der Waals surface area contributed by atoms with E-state index in [-0.39, 0.29) is 4.90 Å². The van der Waals surface area contributed by atoms with Crippen LogP contribution in [0, 0.1) is 5.82 Å². The Hall–Kier alpha value is -0.250. The zero-order valence-corrected chi connectivity index (χ0v) is 8.01. The zero-order chi connectivity index (χ0) is 9.14. The van der Waals surface area contributed by atoms with Gasteiger partial charge in [0.05, 0.1) is 4.90 Å². The lowest BCUT2D eigenvalue weighted by molar-refractivity contribution is 0.276. The maximum Gasteiger partial charge on any atom is 0.284 e. The Morgan fingerprint density at radius 1 is 1.50 bits per heavy atom. The molecule has 1 rings (SSSR count). The molecule has 0 unspecified atom stereocenters. The summed E-state index contributed by atoms with van der Waals surface area (Å²) in [6.07, 6.45) is 0. The zero-order valence-electron chi connectivity index (χ0n) is 5.68. The smallest absolute Gasteiger partial charge is 0.268 e. The molecule has 0 saturated carbocycles. The minimum Gasteiger partial charge on any atom is -0.268 e. The molecule has 0 saturated heterocycles. The number of thioether (sulfide) groups is 1. The van der Waals surface area contributed by atoms with Gasteiger partial charge in [0.25, 0.3) is 4.57 Å². The van der Waals surface area contributed by atoms with E-state index >= 15 is 0 Å². The third-order valence-corrected chi connectivity index (χ3v) is 2.26. The topological polar surface area (TPSA) is 17.1 Å². The molecular formula is C7H3Cl2FOS. The number of benzene rings is 1. The molecule has 0 fully saturated rings. The summed E-state index contributed by atoms with van der Waals surface area (Å²) in [4.78, 5) is 10.6. The van der Waals surface area contributed by atoms with Gasteiger partial charge in [0.1, 0.15) is 5.82 Å². The van der Waals surface area contributed by atoms with Gasteiger partial charge in [-0.1, -0.05) is 11.6 Å². The minimum absolute atomic E-state index is 0.180. The van der Waals surface area contributed by atoms with Crippen molar-refractivity contribution in [1.82, 2.24) is 0 Å². The summed E-state index contributed by atoms with van der Waals surface area (Å²) in [6.45, 7) is 0. The van der Waals surface area contributed by atoms with E-state index in [1.807, 2.05) is 0 Å². The highest BCUT2D eigenvalue weighted by Crippen LogP contribution is 2.26. The third-order valence-electron chi connectivity index (χ3n) is 1.08. The highest BCUT2D eigenvalue weighted by Gasteiger charge is 2.06. The number of hydrogen-bond acceptors (Lipinski definition) is 2. The predicted molar refractivity (Wildman–Crippen MR) is 48.5 cm³/mol. The first-order chi connectivity index (χ1) is 5.59. The Balaban J connectivity index is 2.93. The lowest BCUT2D eigenvalue weighted by Gasteiger charge is -1.97. The highest BCUT2D eigenvalue weighted by molar-refractivity contribution is 8.16. The van der Waals surface area contributed by atoms with Crippen molar-refractivity contribution in [2.45, 2.75) is 4.90 Å². The van der Waals surface area contributed by atoms with Gasteiger partial charge in [-0.2, -0.15) is 0 Å². The molecule has 0 amide bonds. The van der Waals surface area contributed by atoms with E-state index in [2.05, 4.69) is 0 Å². The average Bonchev–Trinajstić information content (AvgIpc) is 1.94. The maximum atomic E-state index is 12.9. The molecule has 0 spiro atoms. The van der Waals surface area contributed by atoms with Gasteiger partial charge >= 0.3 is 0 Å². The van der Waals surface area contributed by atoms with Crippen LogP contribution in [0.15, 0.2) is 23.1 Å². The molecule has 0 aliphatic rings. The van der Waals surface area contributed by atoms with E-state index in [1.165, 1.54) is 12.1 Å². The molecule has 0 N–H and O–H groups in total. The maximum absolute atomic E-state index is 12.9. The first-order valence-electron chi connectivity index (χ1n) is 2.92. The predicted octanol–water partition coefficient (Wildman–Crippen LogP) is 3.93. The number of carbonyl (C=O) groups is 1.